The van der Waals surface area contributed by atoms with E-state index in [0.717, 1.165) is 5.22 Å². The SMILES string of the molecule is C1=C=c2c(sc3ccccc23)=C(c2cc(-c3cccc4c3sc3ccccc34)cc(-c3cccc4c3sc3ccccc34)c2)C=1. The first kappa shape index (κ1) is 25.4. The van der Waals surface area contributed by atoms with Crippen LogP contribution < -0.4 is 9.75 Å². The molecule has 3 aromatic heterocycles. The Balaban J connectivity index is 1.31. The van der Waals surface area contributed by atoms with Gasteiger partial charge in [-0.15, -0.1) is 34.0 Å². The van der Waals surface area contributed by atoms with Gasteiger partial charge in [0, 0.05) is 56.0 Å². The summed E-state index contributed by atoms with van der Waals surface area (Å²) >= 11 is 5.63. The number of benzene rings is 6. The van der Waals surface area contributed by atoms with Gasteiger partial charge < -0.3 is 0 Å². The summed E-state index contributed by atoms with van der Waals surface area (Å²) in [5.41, 5.74) is 14.3. The molecule has 0 radical (unpaired) electrons. The van der Waals surface area contributed by atoms with Gasteiger partial charge in [-0.1, -0.05) is 102 Å². The molecule has 3 heterocycles. The maximum atomic E-state index is 3.44. The van der Waals surface area contributed by atoms with Gasteiger partial charge in [0.2, 0.25) is 0 Å². The summed E-state index contributed by atoms with van der Waals surface area (Å²) < 4.78 is 7.87. The molecule has 0 N–H and O–H groups in total. The molecule has 0 saturated carbocycles. The van der Waals surface area contributed by atoms with E-state index in [9.17, 15) is 0 Å². The molecule has 3 heteroatoms. The lowest BCUT2D eigenvalue weighted by molar-refractivity contribution is 1.57. The molecule has 208 valence electrons. The van der Waals surface area contributed by atoms with Crippen molar-refractivity contribution in [3.05, 3.63) is 155 Å². The summed E-state index contributed by atoms with van der Waals surface area (Å²) in [7, 11) is 0. The standard InChI is InChI=1S/C42H22S3/c1-4-19-37-31(10-1)34-16-7-13-28(40(34)43-37)25-22-26(29-14-8-17-35-32-11-2-5-20-38(32)44-41(29)35)24-27(23-25)30-15-9-18-36-33-12-3-6-21-39(33)45-42(30)36/h1-8,10-17,19-24H. The Hall–Kier alpha value is -4.98. The molecule has 9 aromatic rings. The molecule has 0 amide bonds. The van der Waals surface area contributed by atoms with Crippen molar-refractivity contribution < 1.29 is 0 Å². The molecule has 1 aliphatic rings. The summed E-state index contributed by atoms with van der Waals surface area (Å²) in [5.74, 6) is 0. The topological polar surface area (TPSA) is 0 Å². The van der Waals surface area contributed by atoms with E-state index in [2.05, 4.69) is 145 Å². The molecule has 0 atom stereocenters. The Morgan fingerprint density at radius 2 is 0.911 bits per heavy atom. The van der Waals surface area contributed by atoms with Crippen LogP contribution in [0.25, 0.3) is 84.0 Å². The second-order valence-corrected chi connectivity index (χ2v) is 14.6. The highest BCUT2D eigenvalue weighted by atomic mass is 32.1. The summed E-state index contributed by atoms with van der Waals surface area (Å²) in [6.07, 6.45) is 2.13. The zero-order valence-electron chi connectivity index (χ0n) is 23.9. The maximum Gasteiger partial charge on any atom is 0.0524 e. The normalized spacial score (nSPS) is 12.6. The van der Waals surface area contributed by atoms with Crippen LogP contribution in [0.4, 0.5) is 0 Å². The highest BCUT2D eigenvalue weighted by Gasteiger charge is 2.17. The molecule has 10 rings (SSSR count). The lowest BCUT2D eigenvalue weighted by Gasteiger charge is -2.13. The molecule has 0 bridgehead atoms. The van der Waals surface area contributed by atoms with Crippen LogP contribution in [0.5, 0.6) is 0 Å². The lowest BCUT2D eigenvalue weighted by Crippen LogP contribution is -2.21. The minimum absolute atomic E-state index is 1.15. The predicted molar refractivity (Wildman–Crippen MR) is 198 cm³/mol. The molecule has 1 aliphatic carbocycles. The minimum atomic E-state index is 1.15. The van der Waals surface area contributed by atoms with Crippen molar-refractivity contribution in [1.82, 2.24) is 0 Å². The molecule has 45 heavy (non-hydrogen) atoms. The Bertz CT molecular complexity index is 2760. The van der Waals surface area contributed by atoms with Gasteiger partial charge in [-0.25, -0.2) is 0 Å². The van der Waals surface area contributed by atoms with E-state index < -0.39 is 0 Å². The Morgan fingerprint density at radius 1 is 0.422 bits per heavy atom. The van der Waals surface area contributed by atoms with Crippen LogP contribution in [0.3, 0.4) is 0 Å². The molecule has 0 fully saturated rings. The minimum Gasteiger partial charge on any atom is -0.135 e. The number of fused-ring (bicyclic) bond motifs is 9. The molecular weight excluding hydrogens is 601 g/mol. The molecule has 6 aromatic carbocycles. The second kappa shape index (κ2) is 9.76. The van der Waals surface area contributed by atoms with Crippen LogP contribution in [0.1, 0.15) is 5.56 Å². The van der Waals surface area contributed by atoms with Crippen molar-refractivity contribution >= 4 is 95.7 Å². The van der Waals surface area contributed by atoms with E-state index in [1.165, 1.54) is 88.4 Å². The number of rotatable bonds is 3. The Labute approximate surface area is 271 Å². The summed E-state index contributed by atoms with van der Waals surface area (Å²) in [6, 6.07) is 46.9. The third kappa shape index (κ3) is 3.84. The van der Waals surface area contributed by atoms with Gasteiger partial charge >= 0.3 is 0 Å². The molecule has 0 aliphatic heterocycles. The second-order valence-electron chi connectivity index (χ2n) is 11.5. The van der Waals surface area contributed by atoms with Crippen molar-refractivity contribution in [3.63, 3.8) is 0 Å². The predicted octanol–water partition coefficient (Wildman–Crippen LogP) is 11.3. The average molecular weight is 623 g/mol. The van der Waals surface area contributed by atoms with E-state index in [0.29, 0.717) is 0 Å². The van der Waals surface area contributed by atoms with Gasteiger partial charge in [0.25, 0.3) is 0 Å². The first-order chi connectivity index (χ1) is 22.3. The zero-order valence-corrected chi connectivity index (χ0v) is 26.4. The fourth-order valence-corrected chi connectivity index (χ4v) is 10.5. The van der Waals surface area contributed by atoms with Crippen molar-refractivity contribution in [1.29, 1.82) is 0 Å². The summed E-state index contributed by atoms with van der Waals surface area (Å²) in [5, 5.41) is 7.69. The molecular formula is C42H22S3. The van der Waals surface area contributed by atoms with Gasteiger partial charge in [-0.2, -0.15) is 0 Å². The van der Waals surface area contributed by atoms with Crippen LogP contribution in [0, 0.1) is 0 Å². The van der Waals surface area contributed by atoms with Crippen LogP contribution in [0.15, 0.2) is 139 Å². The van der Waals surface area contributed by atoms with Crippen molar-refractivity contribution in [2.75, 3.05) is 0 Å². The quantitative estimate of drug-likeness (QED) is 0.172. The first-order valence-electron chi connectivity index (χ1n) is 15.0. The van der Waals surface area contributed by atoms with Crippen molar-refractivity contribution in [2.24, 2.45) is 0 Å². The monoisotopic (exact) mass is 622 g/mol. The molecule has 0 spiro atoms. The smallest absolute Gasteiger partial charge is 0.0524 e. The fourth-order valence-electron chi connectivity index (χ4n) is 6.86. The lowest BCUT2D eigenvalue weighted by atomic mass is 9.92. The first-order valence-corrected chi connectivity index (χ1v) is 17.5. The van der Waals surface area contributed by atoms with E-state index in [-0.39, 0.29) is 0 Å². The van der Waals surface area contributed by atoms with Gasteiger partial charge in [0.15, 0.2) is 0 Å². The van der Waals surface area contributed by atoms with Crippen molar-refractivity contribution in [2.45, 2.75) is 0 Å². The molecule has 0 unspecified atom stereocenters. The van der Waals surface area contributed by atoms with Gasteiger partial charge in [-0.3, -0.25) is 0 Å². The van der Waals surface area contributed by atoms with Gasteiger partial charge in [0.1, 0.15) is 0 Å². The number of thiophene rings is 3. The highest BCUT2D eigenvalue weighted by Crippen LogP contribution is 2.44. The van der Waals surface area contributed by atoms with Crippen LogP contribution in [0.2, 0.25) is 0 Å². The van der Waals surface area contributed by atoms with E-state index in [4.69, 9.17) is 0 Å². The largest absolute Gasteiger partial charge is 0.135 e. The van der Waals surface area contributed by atoms with Crippen molar-refractivity contribution in [3.8, 4) is 22.3 Å². The van der Waals surface area contributed by atoms with Crippen LogP contribution in [-0.4, -0.2) is 0 Å². The summed E-state index contributed by atoms with van der Waals surface area (Å²) in [6.45, 7) is 0. The van der Waals surface area contributed by atoms with Gasteiger partial charge in [0.05, 0.1) is 9.75 Å². The highest BCUT2D eigenvalue weighted by molar-refractivity contribution is 7.26. The number of hydrogen-bond donors (Lipinski definition) is 0. The van der Waals surface area contributed by atoms with E-state index in [1.54, 1.807) is 0 Å². The average Bonchev–Trinajstić information content (AvgIpc) is 3.79. The molecule has 0 nitrogen and oxygen atoms in total. The summed E-state index contributed by atoms with van der Waals surface area (Å²) in [4.78, 5) is 0. The van der Waals surface area contributed by atoms with Gasteiger partial charge in [-0.05, 0) is 70.3 Å². The zero-order chi connectivity index (χ0) is 29.5. The number of allylic oxidation sites excluding steroid dienone is 1. The van der Waals surface area contributed by atoms with E-state index in [1.807, 2.05) is 34.0 Å². The third-order valence-corrected chi connectivity index (χ3v) is 12.6. The third-order valence-electron chi connectivity index (χ3n) is 8.93. The Kier molecular flexibility index (Phi) is 5.50. The Morgan fingerprint density at radius 3 is 1.51 bits per heavy atom. The maximum absolute atomic E-state index is 3.44. The fraction of sp³-hybridized carbons (Fsp3) is 0. The van der Waals surface area contributed by atoms with E-state index >= 15 is 0 Å². The number of hydrogen-bond acceptors (Lipinski definition) is 3. The van der Waals surface area contributed by atoms with Crippen LogP contribution in [-0.2, 0) is 0 Å². The molecule has 0 saturated heterocycles. The van der Waals surface area contributed by atoms with Crippen LogP contribution >= 0.6 is 34.0 Å².